The van der Waals surface area contributed by atoms with Crippen molar-refractivity contribution in [2.45, 2.75) is 25.7 Å². The van der Waals surface area contributed by atoms with Crippen LogP contribution in [0.2, 0.25) is 0 Å². The summed E-state index contributed by atoms with van der Waals surface area (Å²) < 4.78 is 10.3. The number of carbonyl (C=O) groups excluding carboxylic acids is 1. The molecule has 0 saturated heterocycles. The Hall–Kier alpha value is -1.20. The number of amides is 1. The van der Waals surface area contributed by atoms with Crippen LogP contribution in [0.1, 0.15) is 24.8 Å². The fourth-order valence-electron chi connectivity index (χ4n) is 1.90. The molecule has 0 fully saturated rings. The molecule has 0 bridgehead atoms. The minimum Gasteiger partial charge on any atom is -0.494 e. The maximum atomic E-state index is 11.3. The van der Waals surface area contributed by atoms with E-state index in [1.54, 1.807) is 0 Å². The minimum atomic E-state index is 0.0746. The molecular weight excluding hydrogens is 250 g/mol. The van der Waals surface area contributed by atoms with E-state index < -0.39 is 0 Å². The van der Waals surface area contributed by atoms with Gasteiger partial charge in [0.2, 0.25) is 5.91 Å². The molecule has 0 aliphatic carbocycles. The van der Waals surface area contributed by atoms with Gasteiger partial charge in [0.15, 0.2) is 0 Å². The van der Waals surface area contributed by atoms with Crippen molar-refractivity contribution in [2.24, 2.45) is 0 Å². The maximum Gasteiger partial charge on any atom is 0.224 e. The van der Waals surface area contributed by atoms with Crippen LogP contribution in [0.15, 0.2) is 18.2 Å². The first kappa shape index (κ1) is 13.2. The fourth-order valence-corrected chi connectivity index (χ4v) is 2.03. The monoisotopic (exact) mass is 267 g/mol. The van der Waals surface area contributed by atoms with Gasteiger partial charge in [-0.1, -0.05) is 6.07 Å². The van der Waals surface area contributed by atoms with E-state index in [0.29, 0.717) is 19.6 Å². The summed E-state index contributed by atoms with van der Waals surface area (Å²) in [4.78, 5) is 11.3. The molecule has 0 unspecified atom stereocenters. The molecule has 0 atom stereocenters. The van der Waals surface area contributed by atoms with Crippen molar-refractivity contribution in [3.8, 4) is 5.75 Å². The zero-order valence-corrected chi connectivity index (χ0v) is 11.0. The number of anilines is 1. The second-order valence-corrected chi connectivity index (χ2v) is 4.51. The Bertz CT molecular complexity index is 423. The van der Waals surface area contributed by atoms with E-state index in [0.717, 1.165) is 30.7 Å². The van der Waals surface area contributed by atoms with Gasteiger partial charge < -0.3 is 14.2 Å². The van der Waals surface area contributed by atoms with Gasteiger partial charge in [-0.3, -0.25) is 4.79 Å². The van der Waals surface area contributed by atoms with E-state index in [-0.39, 0.29) is 5.91 Å². The number of aryl methyl sites for hydroxylation is 1. The summed E-state index contributed by atoms with van der Waals surface area (Å²) in [6.07, 6.45) is 3.22. The number of carbonyl (C=O) groups is 1. The van der Waals surface area contributed by atoms with Crippen LogP contribution in [0.3, 0.4) is 0 Å². The second kappa shape index (κ2) is 6.66. The summed E-state index contributed by atoms with van der Waals surface area (Å²) in [5.41, 5.74) is 2.05. The smallest absolute Gasteiger partial charge is 0.224 e. The van der Waals surface area contributed by atoms with Gasteiger partial charge in [0.05, 0.1) is 13.2 Å². The highest BCUT2D eigenvalue weighted by Crippen LogP contribution is 2.27. The van der Waals surface area contributed by atoms with Crippen LogP contribution in [0, 0.1) is 0 Å². The Morgan fingerprint density at radius 2 is 2.06 bits per heavy atom. The van der Waals surface area contributed by atoms with Gasteiger partial charge in [-0.2, -0.15) is 0 Å². The second-order valence-electron chi connectivity index (χ2n) is 4.26. The van der Waals surface area contributed by atoms with Crippen LogP contribution in [-0.2, 0) is 15.4 Å². The van der Waals surface area contributed by atoms with Crippen LogP contribution < -0.4 is 10.1 Å². The Balaban J connectivity index is 1.86. The fraction of sp³-hybridized carbons (Fsp3) is 0.462. The van der Waals surface area contributed by atoms with E-state index >= 15 is 0 Å². The lowest BCUT2D eigenvalue weighted by molar-refractivity contribution is -0.116. The van der Waals surface area contributed by atoms with E-state index in [1.165, 1.54) is 5.56 Å². The Kier molecular flexibility index (Phi) is 4.90. The third-order valence-electron chi connectivity index (χ3n) is 2.88. The first-order chi connectivity index (χ1) is 8.79. The lowest BCUT2D eigenvalue weighted by Gasteiger charge is -2.17. The predicted molar refractivity (Wildman–Crippen MR) is 73.1 cm³/mol. The highest BCUT2D eigenvalue weighted by molar-refractivity contribution is 7.75. The molecule has 4 nitrogen and oxygen atoms in total. The van der Waals surface area contributed by atoms with E-state index in [4.69, 9.17) is 4.74 Å². The molecule has 0 saturated carbocycles. The number of unbranched alkanes of at least 4 members (excludes halogenated alkanes) is 1. The summed E-state index contributed by atoms with van der Waals surface area (Å²) in [5, 5.41) is 2.86. The lowest BCUT2D eigenvalue weighted by atomic mass is 10.0. The molecule has 1 N–H and O–H groups in total. The zero-order chi connectivity index (χ0) is 12.8. The van der Waals surface area contributed by atoms with Crippen LogP contribution in [-0.4, -0.2) is 19.1 Å². The van der Waals surface area contributed by atoms with E-state index in [1.807, 2.05) is 18.2 Å². The molecule has 2 rings (SSSR count). The normalized spacial score (nSPS) is 13.9. The minimum absolute atomic E-state index is 0.0746. The molecule has 5 heteroatoms. The summed E-state index contributed by atoms with van der Waals surface area (Å²) in [6, 6.07) is 5.86. The highest BCUT2D eigenvalue weighted by atomic mass is 32.1. The molecule has 18 heavy (non-hydrogen) atoms. The first-order valence-electron chi connectivity index (χ1n) is 6.11. The topological polar surface area (TPSA) is 47.6 Å². The molecule has 0 aromatic heterocycles. The number of benzene rings is 1. The highest BCUT2D eigenvalue weighted by Gasteiger charge is 2.14. The number of ether oxygens (including phenoxy) is 1. The van der Waals surface area contributed by atoms with Crippen LogP contribution in [0.5, 0.6) is 5.75 Å². The van der Waals surface area contributed by atoms with E-state index in [2.05, 4.69) is 22.4 Å². The van der Waals surface area contributed by atoms with Gasteiger partial charge in [0.1, 0.15) is 5.75 Å². The van der Waals surface area contributed by atoms with Gasteiger partial charge in [0.25, 0.3) is 0 Å². The van der Waals surface area contributed by atoms with Crippen molar-refractivity contribution in [1.82, 2.24) is 0 Å². The van der Waals surface area contributed by atoms with Crippen LogP contribution in [0.4, 0.5) is 5.69 Å². The molecular formula is C13H17NO3S. The standard InChI is InChI=1S/C13H17NO3S/c15-13-6-4-10-3-5-11(9-12(10)14-13)16-7-1-2-8-17-18/h3,5,9,18H,1-2,4,6-8H2,(H,14,15). The van der Waals surface area contributed by atoms with Crippen molar-refractivity contribution in [3.63, 3.8) is 0 Å². The number of hydrogen-bond donors (Lipinski definition) is 2. The average Bonchev–Trinajstić information content (AvgIpc) is 2.38. The summed E-state index contributed by atoms with van der Waals surface area (Å²) in [5.74, 6) is 0.869. The predicted octanol–water partition coefficient (Wildman–Crippen LogP) is 2.59. The molecule has 1 amide bonds. The Morgan fingerprint density at radius 3 is 2.89 bits per heavy atom. The molecule has 0 spiro atoms. The molecule has 98 valence electrons. The zero-order valence-electron chi connectivity index (χ0n) is 10.1. The van der Waals surface area contributed by atoms with Gasteiger partial charge in [-0.25, -0.2) is 0 Å². The van der Waals surface area contributed by atoms with Crippen molar-refractivity contribution in [3.05, 3.63) is 23.8 Å². The number of fused-ring (bicyclic) bond motifs is 1. The SMILES string of the molecule is O=C1CCc2ccc(OCCCCOS)cc2N1. The summed E-state index contributed by atoms with van der Waals surface area (Å²) >= 11 is 3.67. The van der Waals surface area contributed by atoms with E-state index in [9.17, 15) is 4.79 Å². The number of nitrogens with one attached hydrogen (secondary N) is 1. The largest absolute Gasteiger partial charge is 0.494 e. The Morgan fingerprint density at radius 1 is 1.22 bits per heavy atom. The van der Waals surface area contributed by atoms with Crippen molar-refractivity contribution in [2.75, 3.05) is 18.5 Å². The number of rotatable bonds is 6. The summed E-state index contributed by atoms with van der Waals surface area (Å²) in [6.45, 7) is 1.27. The van der Waals surface area contributed by atoms with Gasteiger partial charge >= 0.3 is 0 Å². The molecule has 1 aromatic rings. The quantitative estimate of drug-likeness (QED) is 0.473. The molecule has 1 aliphatic rings. The van der Waals surface area contributed by atoms with Gasteiger partial charge in [0, 0.05) is 18.2 Å². The third kappa shape index (κ3) is 3.65. The number of hydrogen-bond acceptors (Lipinski definition) is 4. The van der Waals surface area contributed by atoms with Crippen molar-refractivity contribution in [1.29, 1.82) is 0 Å². The summed E-state index contributed by atoms with van der Waals surface area (Å²) in [7, 11) is 0. The van der Waals surface area contributed by atoms with Crippen LogP contribution >= 0.6 is 12.9 Å². The van der Waals surface area contributed by atoms with Gasteiger partial charge in [-0.05, 0) is 43.8 Å². The van der Waals surface area contributed by atoms with Crippen LogP contribution in [0.25, 0.3) is 0 Å². The molecule has 0 radical (unpaired) electrons. The molecule has 1 heterocycles. The first-order valence-corrected chi connectivity index (χ1v) is 6.48. The molecule has 1 aliphatic heterocycles. The maximum absolute atomic E-state index is 11.3. The number of thiol groups is 1. The van der Waals surface area contributed by atoms with Gasteiger partial charge in [-0.15, -0.1) is 0 Å². The third-order valence-corrected chi connectivity index (χ3v) is 3.06. The van der Waals surface area contributed by atoms with Crippen molar-refractivity contribution >= 4 is 24.5 Å². The average molecular weight is 267 g/mol. The van der Waals surface area contributed by atoms with Crippen molar-refractivity contribution < 1.29 is 13.7 Å². The molecule has 1 aromatic carbocycles. The Labute approximate surface area is 112 Å². The lowest BCUT2D eigenvalue weighted by Crippen LogP contribution is -2.18.